The van der Waals surface area contributed by atoms with Crippen molar-refractivity contribution in [1.29, 1.82) is 0 Å². The molecule has 130 valence electrons. The molecule has 0 unspecified atom stereocenters. The first-order valence-electron chi connectivity index (χ1n) is 8.55. The number of hydrogen-bond acceptors (Lipinski definition) is 3. The average Bonchev–Trinajstić information content (AvgIpc) is 2.60. The summed E-state index contributed by atoms with van der Waals surface area (Å²) in [4.78, 5) is 26.3. The Morgan fingerprint density at radius 2 is 1.96 bits per heavy atom. The van der Waals surface area contributed by atoms with E-state index < -0.39 is 6.09 Å². The SMILES string of the molecule is COC(=O)Nc1ccc(C(=O)N2CCC[C@H]3CCCC[C@H]32)c(Cl)c1. The van der Waals surface area contributed by atoms with Gasteiger partial charge in [-0.1, -0.05) is 24.4 Å². The summed E-state index contributed by atoms with van der Waals surface area (Å²) in [5.41, 5.74) is 1.01. The highest BCUT2D eigenvalue weighted by Crippen LogP contribution is 2.36. The topological polar surface area (TPSA) is 58.6 Å². The highest BCUT2D eigenvalue weighted by atomic mass is 35.5. The van der Waals surface area contributed by atoms with Gasteiger partial charge in [0.05, 0.1) is 17.7 Å². The summed E-state index contributed by atoms with van der Waals surface area (Å²) in [5, 5.41) is 2.91. The van der Waals surface area contributed by atoms with Gasteiger partial charge in [-0.3, -0.25) is 10.1 Å². The minimum atomic E-state index is -0.564. The average molecular weight is 351 g/mol. The fourth-order valence-electron chi connectivity index (χ4n) is 3.97. The van der Waals surface area contributed by atoms with Crippen LogP contribution in [0, 0.1) is 5.92 Å². The number of methoxy groups -OCH3 is 1. The van der Waals surface area contributed by atoms with E-state index in [0.29, 0.717) is 28.2 Å². The Hall–Kier alpha value is -1.75. The zero-order chi connectivity index (χ0) is 17.1. The first-order valence-corrected chi connectivity index (χ1v) is 8.93. The van der Waals surface area contributed by atoms with E-state index in [1.807, 2.05) is 4.90 Å². The van der Waals surface area contributed by atoms with Crippen molar-refractivity contribution in [3.8, 4) is 0 Å². The van der Waals surface area contributed by atoms with Gasteiger partial charge in [-0.05, 0) is 49.8 Å². The fourth-order valence-corrected chi connectivity index (χ4v) is 4.23. The van der Waals surface area contributed by atoms with Crippen molar-refractivity contribution in [2.24, 2.45) is 5.92 Å². The van der Waals surface area contributed by atoms with Crippen LogP contribution in [-0.2, 0) is 4.74 Å². The van der Waals surface area contributed by atoms with Crippen molar-refractivity contribution >= 4 is 29.3 Å². The molecule has 1 saturated heterocycles. The minimum Gasteiger partial charge on any atom is -0.453 e. The van der Waals surface area contributed by atoms with Crippen LogP contribution < -0.4 is 5.32 Å². The predicted molar refractivity (Wildman–Crippen MR) is 93.5 cm³/mol. The van der Waals surface area contributed by atoms with E-state index in [0.717, 1.165) is 19.4 Å². The van der Waals surface area contributed by atoms with E-state index in [4.69, 9.17) is 11.6 Å². The van der Waals surface area contributed by atoms with Crippen LogP contribution in [-0.4, -0.2) is 36.6 Å². The maximum absolute atomic E-state index is 13.0. The van der Waals surface area contributed by atoms with Gasteiger partial charge >= 0.3 is 6.09 Å². The van der Waals surface area contributed by atoms with Gasteiger partial charge in [0.2, 0.25) is 0 Å². The number of halogens is 1. The summed E-state index contributed by atoms with van der Waals surface area (Å²) in [5.74, 6) is 0.636. The number of rotatable bonds is 2. The molecule has 24 heavy (non-hydrogen) atoms. The van der Waals surface area contributed by atoms with E-state index in [2.05, 4.69) is 10.1 Å². The van der Waals surface area contributed by atoms with Crippen molar-refractivity contribution in [3.05, 3.63) is 28.8 Å². The van der Waals surface area contributed by atoms with Gasteiger partial charge in [0.15, 0.2) is 0 Å². The summed E-state index contributed by atoms with van der Waals surface area (Å²) in [6, 6.07) is 5.30. The van der Waals surface area contributed by atoms with E-state index >= 15 is 0 Å². The number of carbonyl (C=O) groups excluding carboxylic acids is 2. The molecule has 0 aromatic heterocycles. The lowest BCUT2D eigenvalue weighted by molar-refractivity contribution is 0.0391. The second-order valence-corrected chi connectivity index (χ2v) is 6.97. The highest BCUT2D eigenvalue weighted by molar-refractivity contribution is 6.34. The summed E-state index contributed by atoms with van der Waals surface area (Å²) < 4.78 is 4.56. The maximum atomic E-state index is 13.0. The lowest BCUT2D eigenvalue weighted by atomic mass is 9.78. The molecule has 1 saturated carbocycles. The summed E-state index contributed by atoms with van der Waals surface area (Å²) >= 11 is 6.31. The highest BCUT2D eigenvalue weighted by Gasteiger charge is 2.36. The maximum Gasteiger partial charge on any atom is 0.411 e. The molecule has 1 aromatic rings. The predicted octanol–water partition coefficient (Wildman–Crippen LogP) is 4.31. The molecular weight excluding hydrogens is 328 g/mol. The van der Waals surface area contributed by atoms with Crippen molar-refractivity contribution < 1.29 is 14.3 Å². The number of ether oxygens (including phenoxy) is 1. The lowest BCUT2D eigenvalue weighted by Gasteiger charge is -2.44. The molecule has 5 nitrogen and oxygen atoms in total. The lowest BCUT2D eigenvalue weighted by Crippen LogP contribution is -2.49. The Kier molecular flexibility index (Phi) is 5.29. The Balaban J connectivity index is 1.77. The Bertz CT molecular complexity index is 633. The Morgan fingerprint density at radius 1 is 1.21 bits per heavy atom. The standard InChI is InChI=1S/C18H23ClN2O3/c1-24-18(23)20-13-8-9-14(15(19)11-13)17(22)21-10-4-6-12-5-2-3-7-16(12)21/h8-9,11-12,16H,2-7,10H2,1H3,(H,20,23)/t12-,16-/m1/s1. The van der Waals surface area contributed by atoms with E-state index in [1.165, 1.54) is 32.8 Å². The molecule has 1 aromatic carbocycles. The Morgan fingerprint density at radius 3 is 2.71 bits per heavy atom. The van der Waals surface area contributed by atoms with E-state index in [9.17, 15) is 9.59 Å². The second kappa shape index (κ2) is 7.43. The van der Waals surface area contributed by atoms with Crippen LogP contribution in [0.1, 0.15) is 48.9 Å². The summed E-state index contributed by atoms with van der Waals surface area (Å²) in [6.07, 6.45) is 6.52. The number of fused-ring (bicyclic) bond motifs is 1. The van der Waals surface area contributed by atoms with Gasteiger partial charge in [0, 0.05) is 18.3 Å². The van der Waals surface area contributed by atoms with E-state index in [1.54, 1.807) is 18.2 Å². The molecule has 1 aliphatic carbocycles. The van der Waals surface area contributed by atoms with Gasteiger partial charge in [-0.15, -0.1) is 0 Å². The summed E-state index contributed by atoms with van der Waals surface area (Å²) in [6.45, 7) is 0.804. The van der Waals surface area contributed by atoms with Crippen molar-refractivity contribution in [3.63, 3.8) is 0 Å². The van der Waals surface area contributed by atoms with Crippen molar-refractivity contribution in [2.75, 3.05) is 19.0 Å². The molecule has 1 aliphatic heterocycles. The van der Waals surface area contributed by atoms with Gasteiger partial charge < -0.3 is 9.64 Å². The first kappa shape index (κ1) is 17.1. The molecule has 2 fully saturated rings. The fraction of sp³-hybridized carbons (Fsp3) is 0.556. The minimum absolute atomic E-state index is 0.00113. The molecule has 0 spiro atoms. The van der Waals surface area contributed by atoms with Crippen LogP contribution >= 0.6 is 11.6 Å². The van der Waals surface area contributed by atoms with Crippen molar-refractivity contribution in [1.82, 2.24) is 4.90 Å². The van der Waals surface area contributed by atoms with Gasteiger partial charge in [-0.25, -0.2) is 4.79 Å². The number of likely N-dealkylation sites (tertiary alicyclic amines) is 1. The molecule has 3 rings (SSSR count). The third-order valence-electron chi connectivity index (χ3n) is 5.14. The smallest absolute Gasteiger partial charge is 0.411 e. The Labute approximate surface area is 147 Å². The number of hydrogen-bond donors (Lipinski definition) is 1. The molecular formula is C18H23ClN2O3. The number of nitrogens with zero attached hydrogens (tertiary/aromatic N) is 1. The number of benzene rings is 1. The summed E-state index contributed by atoms with van der Waals surface area (Å²) in [7, 11) is 1.30. The zero-order valence-corrected chi connectivity index (χ0v) is 14.6. The molecule has 1 N–H and O–H groups in total. The number of anilines is 1. The van der Waals surface area contributed by atoms with E-state index in [-0.39, 0.29) is 5.91 Å². The molecule has 1 heterocycles. The van der Waals surface area contributed by atoms with Crippen molar-refractivity contribution in [2.45, 2.75) is 44.6 Å². The normalized spacial score (nSPS) is 23.3. The van der Waals surface area contributed by atoms with Crippen LogP contribution in [0.4, 0.5) is 10.5 Å². The zero-order valence-electron chi connectivity index (χ0n) is 13.9. The molecule has 2 atom stereocenters. The second-order valence-electron chi connectivity index (χ2n) is 6.56. The monoisotopic (exact) mass is 350 g/mol. The van der Waals surface area contributed by atoms with Gasteiger partial charge in [0.25, 0.3) is 5.91 Å². The molecule has 0 radical (unpaired) electrons. The quantitative estimate of drug-likeness (QED) is 0.864. The van der Waals surface area contributed by atoms with Crippen LogP contribution in [0.15, 0.2) is 18.2 Å². The van der Waals surface area contributed by atoms with Gasteiger partial charge in [0.1, 0.15) is 0 Å². The first-order chi connectivity index (χ1) is 11.6. The van der Waals surface area contributed by atoms with Crippen LogP contribution in [0.5, 0.6) is 0 Å². The van der Waals surface area contributed by atoms with Crippen LogP contribution in [0.3, 0.4) is 0 Å². The number of piperidine rings is 1. The molecule has 6 heteroatoms. The largest absolute Gasteiger partial charge is 0.453 e. The van der Waals surface area contributed by atoms with Crippen LogP contribution in [0.25, 0.3) is 0 Å². The third-order valence-corrected chi connectivity index (χ3v) is 5.45. The van der Waals surface area contributed by atoms with Gasteiger partial charge in [-0.2, -0.15) is 0 Å². The molecule has 2 amide bonds. The molecule has 2 aliphatic rings. The molecule has 0 bridgehead atoms. The number of nitrogens with one attached hydrogen (secondary N) is 1. The number of carbonyl (C=O) groups is 2. The number of amides is 2. The van der Waals surface area contributed by atoms with Crippen LogP contribution in [0.2, 0.25) is 5.02 Å². The third kappa shape index (κ3) is 3.51.